The van der Waals surface area contributed by atoms with Gasteiger partial charge in [-0.15, -0.1) is 11.3 Å². The summed E-state index contributed by atoms with van der Waals surface area (Å²) in [7, 11) is 0. The van der Waals surface area contributed by atoms with Crippen LogP contribution in [0.4, 0.5) is 0 Å². The van der Waals surface area contributed by atoms with Crippen molar-refractivity contribution in [3.63, 3.8) is 0 Å². The Hall–Kier alpha value is -0.940. The molecule has 1 aromatic heterocycles. The molecule has 0 bridgehead atoms. The van der Waals surface area contributed by atoms with Crippen molar-refractivity contribution < 1.29 is 14.3 Å². The smallest absolute Gasteiger partial charge is 0.315 e. The molecule has 4 nitrogen and oxygen atoms in total. The van der Waals surface area contributed by atoms with E-state index in [0.29, 0.717) is 12.5 Å². The van der Waals surface area contributed by atoms with E-state index < -0.39 is 0 Å². The Morgan fingerprint density at radius 1 is 1.42 bits per heavy atom. The number of hydrogen-bond donors (Lipinski definition) is 0. The lowest BCUT2D eigenvalue weighted by Crippen LogP contribution is -2.16. The Morgan fingerprint density at radius 3 is 2.95 bits per heavy atom. The van der Waals surface area contributed by atoms with Gasteiger partial charge in [0.05, 0.1) is 17.3 Å². The Kier molecular flexibility index (Phi) is 3.84. The van der Waals surface area contributed by atoms with E-state index in [9.17, 15) is 4.79 Å². The van der Waals surface area contributed by atoms with E-state index in [2.05, 4.69) is 0 Å². The quantitative estimate of drug-likeness (QED) is 0.799. The van der Waals surface area contributed by atoms with E-state index in [1.54, 1.807) is 11.3 Å². The van der Waals surface area contributed by atoms with E-state index in [1.807, 2.05) is 6.92 Å². The van der Waals surface area contributed by atoms with Crippen LogP contribution in [0.3, 0.4) is 0 Å². The van der Waals surface area contributed by atoms with Gasteiger partial charge in [-0.2, -0.15) is 0 Å². The van der Waals surface area contributed by atoms with Gasteiger partial charge in [0.1, 0.15) is 5.92 Å². The van der Waals surface area contributed by atoms with Crippen molar-refractivity contribution in [3.8, 4) is 0 Å². The number of carbonyl (C=O) groups excluding carboxylic acids is 1. The standard InChI is InChI=1S/C14H19NO3S/c1-2-18-14(16)10-3-4-11-12(10)15-13(19-11)9-5-7-17-8-6-9/h9-10H,2-8H2,1H3. The van der Waals surface area contributed by atoms with E-state index in [1.165, 1.54) is 9.88 Å². The molecule has 0 saturated carbocycles. The second-order valence-corrected chi connectivity index (χ2v) is 6.21. The Labute approximate surface area is 117 Å². The molecule has 104 valence electrons. The van der Waals surface area contributed by atoms with Gasteiger partial charge >= 0.3 is 5.97 Å². The lowest BCUT2D eigenvalue weighted by molar-refractivity contribution is -0.145. The summed E-state index contributed by atoms with van der Waals surface area (Å²) in [5, 5.41) is 1.20. The summed E-state index contributed by atoms with van der Waals surface area (Å²) >= 11 is 1.79. The molecule has 2 aliphatic rings. The van der Waals surface area contributed by atoms with E-state index in [0.717, 1.165) is 44.6 Å². The zero-order chi connectivity index (χ0) is 13.2. The molecule has 1 saturated heterocycles. The highest BCUT2D eigenvalue weighted by Crippen LogP contribution is 2.40. The van der Waals surface area contributed by atoms with Crippen LogP contribution in [-0.2, 0) is 20.7 Å². The molecule has 5 heteroatoms. The number of rotatable bonds is 3. The largest absolute Gasteiger partial charge is 0.465 e. The molecule has 1 aromatic rings. The normalized spacial score (nSPS) is 23.3. The summed E-state index contributed by atoms with van der Waals surface area (Å²) in [5.41, 5.74) is 0.991. The van der Waals surface area contributed by atoms with Crippen molar-refractivity contribution in [2.45, 2.75) is 44.4 Å². The Morgan fingerprint density at radius 2 is 2.21 bits per heavy atom. The fraction of sp³-hybridized carbons (Fsp3) is 0.714. The van der Waals surface area contributed by atoms with Crippen LogP contribution in [0, 0.1) is 0 Å². The summed E-state index contributed by atoms with van der Waals surface area (Å²) in [6.07, 6.45) is 3.94. The van der Waals surface area contributed by atoms with E-state index in [-0.39, 0.29) is 11.9 Å². The van der Waals surface area contributed by atoms with Crippen LogP contribution in [0.1, 0.15) is 53.6 Å². The lowest BCUT2D eigenvalue weighted by Gasteiger charge is -2.19. The fourth-order valence-electron chi connectivity index (χ4n) is 2.84. The summed E-state index contributed by atoms with van der Waals surface area (Å²) in [4.78, 5) is 18.0. The number of carbonyl (C=O) groups is 1. The first kappa shape index (κ1) is 13.1. The van der Waals surface area contributed by atoms with Crippen LogP contribution in [0.5, 0.6) is 0 Å². The van der Waals surface area contributed by atoms with Crippen LogP contribution >= 0.6 is 11.3 Å². The fourth-order valence-corrected chi connectivity index (χ4v) is 4.15. The zero-order valence-electron chi connectivity index (χ0n) is 11.2. The van der Waals surface area contributed by atoms with Gasteiger partial charge in [-0.05, 0) is 32.6 Å². The number of aryl methyl sites for hydroxylation is 1. The van der Waals surface area contributed by atoms with Gasteiger partial charge in [-0.25, -0.2) is 4.98 Å². The lowest BCUT2D eigenvalue weighted by atomic mass is 10.0. The molecule has 3 rings (SSSR count). The first-order valence-corrected chi connectivity index (χ1v) is 7.85. The van der Waals surface area contributed by atoms with Crippen molar-refractivity contribution in [1.82, 2.24) is 4.98 Å². The number of ether oxygens (including phenoxy) is 2. The van der Waals surface area contributed by atoms with Gasteiger partial charge in [-0.3, -0.25) is 4.79 Å². The van der Waals surface area contributed by atoms with Gasteiger partial charge in [0.15, 0.2) is 0 Å². The van der Waals surface area contributed by atoms with Crippen molar-refractivity contribution in [3.05, 3.63) is 15.6 Å². The predicted molar refractivity (Wildman–Crippen MR) is 72.6 cm³/mol. The summed E-state index contributed by atoms with van der Waals surface area (Å²) in [6, 6.07) is 0. The molecule has 0 radical (unpaired) electrons. The van der Waals surface area contributed by atoms with Crippen LogP contribution in [0.25, 0.3) is 0 Å². The van der Waals surface area contributed by atoms with Gasteiger partial charge in [0.2, 0.25) is 0 Å². The summed E-state index contributed by atoms with van der Waals surface area (Å²) in [6.45, 7) is 3.95. The maximum Gasteiger partial charge on any atom is 0.315 e. The Balaban J connectivity index is 1.78. The highest BCUT2D eigenvalue weighted by atomic mass is 32.1. The van der Waals surface area contributed by atoms with Gasteiger partial charge in [0.25, 0.3) is 0 Å². The van der Waals surface area contributed by atoms with Gasteiger partial charge in [-0.1, -0.05) is 0 Å². The third kappa shape index (κ3) is 2.54. The maximum absolute atomic E-state index is 11.9. The third-order valence-electron chi connectivity index (χ3n) is 3.88. The molecule has 0 N–H and O–H groups in total. The summed E-state index contributed by atoms with van der Waals surface area (Å²) in [5.74, 6) is 0.289. The number of fused-ring (bicyclic) bond motifs is 1. The second-order valence-electron chi connectivity index (χ2n) is 5.09. The second kappa shape index (κ2) is 5.59. The SMILES string of the molecule is CCOC(=O)C1CCc2sc(C3CCOCC3)nc21. The minimum atomic E-state index is -0.125. The first-order chi connectivity index (χ1) is 9.29. The molecule has 0 aromatic carbocycles. The molecular formula is C14H19NO3S. The molecular weight excluding hydrogens is 262 g/mol. The molecule has 0 amide bonds. The van der Waals surface area contributed by atoms with Crippen molar-refractivity contribution >= 4 is 17.3 Å². The predicted octanol–water partition coefficient (Wildman–Crippen LogP) is 2.63. The molecule has 1 fully saturated rings. The Bertz CT molecular complexity index is 465. The van der Waals surface area contributed by atoms with E-state index in [4.69, 9.17) is 14.5 Å². The molecule has 1 aliphatic carbocycles. The van der Waals surface area contributed by atoms with Gasteiger partial charge < -0.3 is 9.47 Å². The monoisotopic (exact) mass is 281 g/mol. The van der Waals surface area contributed by atoms with Crippen molar-refractivity contribution in [2.75, 3.05) is 19.8 Å². The molecule has 1 atom stereocenters. The molecule has 19 heavy (non-hydrogen) atoms. The van der Waals surface area contributed by atoms with Crippen molar-refractivity contribution in [2.24, 2.45) is 0 Å². The summed E-state index contributed by atoms with van der Waals surface area (Å²) < 4.78 is 10.5. The number of nitrogens with zero attached hydrogens (tertiary/aromatic N) is 1. The minimum Gasteiger partial charge on any atom is -0.465 e. The number of aromatic nitrogens is 1. The number of thiazole rings is 1. The molecule has 1 aliphatic heterocycles. The average Bonchev–Trinajstić information content (AvgIpc) is 2.99. The van der Waals surface area contributed by atoms with E-state index >= 15 is 0 Å². The van der Waals surface area contributed by atoms with Crippen LogP contribution in [-0.4, -0.2) is 30.8 Å². The first-order valence-electron chi connectivity index (χ1n) is 7.03. The molecule has 2 heterocycles. The topological polar surface area (TPSA) is 48.4 Å². The average molecular weight is 281 g/mol. The van der Waals surface area contributed by atoms with Crippen molar-refractivity contribution in [1.29, 1.82) is 0 Å². The third-order valence-corrected chi connectivity index (χ3v) is 5.17. The number of esters is 1. The molecule has 0 spiro atoms. The maximum atomic E-state index is 11.9. The number of hydrogen-bond acceptors (Lipinski definition) is 5. The van der Waals surface area contributed by atoms with Crippen LogP contribution in [0.2, 0.25) is 0 Å². The van der Waals surface area contributed by atoms with Gasteiger partial charge in [0, 0.05) is 24.0 Å². The minimum absolute atomic E-state index is 0.106. The molecule has 1 unspecified atom stereocenters. The van der Waals surface area contributed by atoms with Crippen LogP contribution in [0.15, 0.2) is 0 Å². The highest BCUT2D eigenvalue weighted by molar-refractivity contribution is 7.11. The zero-order valence-corrected chi connectivity index (χ0v) is 12.0. The highest BCUT2D eigenvalue weighted by Gasteiger charge is 2.34. The van der Waals surface area contributed by atoms with Crippen LogP contribution < -0.4 is 0 Å².